The van der Waals surface area contributed by atoms with Gasteiger partial charge in [-0.2, -0.15) is 0 Å². The minimum absolute atomic E-state index is 0.106. The number of nitrogens with zero attached hydrogens (tertiary/aromatic N) is 1. The van der Waals surface area contributed by atoms with Crippen molar-refractivity contribution in [3.8, 4) is 11.5 Å². The van der Waals surface area contributed by atoms with Crippen molar-refractivity contribution in [3.05, 3.63) is 59.2 Å². The fraction of sp³-hybridized carbons (Fsp3) is 0.333. The monoisotopic (exact) mass is 383 g/mol. The summed E-state index contributed by atoms with van der Waals surface area (Å²) in [5, 5.41) is 2.89. The Morgan fingerprint density at radius 1 is 1.11 bits per heavy atom. The lowest BCUT2D eigenvalue weighted by Crippen LogP contribution is -2.51. The number of fused-ring (bicyclic) bond motifs is 1. The van der Waals surface area contributed by atoms with Crippen molar-refractivity contribution >= 4 is 11.8 Å². The highest BCUT2D eigenvalue weighted by atomic mass is 16.5. The van der Waals surface area contributed by atoms with Crippen molar-refractivity contribution in [3.63, 3.8) is 0 Å². The van der Waals surface area contributed by atoms with Gasteiger partial charge in [-0.1, -0.05) is 30.3 Å². The standard InChI is InChI=1S/C21H25N3O4/c1-27-18-8-7-14(9-19(18)28-2)11-23-20(25)13-24-12-16-6-4-3-5-15(16)10-17(24)21(22)26/h3-9,17H,10-13H2,1-2H3,(H2,22,26)(H,23,25)/t17-/m0/s1. The van der Waals surface area contributed by atoms with Crippen molar-refractivity contribution in [2.75, 3.05) is 20.8 Å². The van der Waals surface area contributed by atoms with Crippen LogP contribution in [0, 0.1) is 0 Å². The van der Waals surface area contributed by atoms with Gasteiger partial charge >= 0.3 is 0 Å². The van der Waals surface area contributed by atoms with Crippen LogP contribution in [-0.2, 0) is 29.1 Å². The lowest BCUT2D eigenvalue weighted by Gasteiger charge is -2.34. The van der Waals surface area contributed by atoms with Crippen molar-refractivity contribution in [1.82, 2.24) is 10.2 Å². The second-order valence-electron chi connectivity index (χ2n) is 6.76. The number of amides is 2. The van der Waals surface area contributed by atoms with E-state index in [2.05, 4.69) is 5.32 Å². The van der Waals surface area contributed by atoms with Crippen LogP contribution in [0.25, 0.3) is 0 Å². The Bertz CT molecular complexity index is 868. The van der Waals surface area contributed by atoms with Crippen molar-refractivity contribution in [2.24, 2.45) is 5.73 Å². The Morgan fingerprint density at radius 3 is 2.50 bits per heavy atom. The molecule has 3 N–H and O–H groups in total. The van der Waals surface area contributed by atoms with Crippen LogP contribution < -0.4 is 20.5 Å². The number of carbonyl (C=O) groups is 2. The van der Waals surface area contributed by atoms with Gasteiger partial charge in [-0.15, -0.1) is 0 Å². The molecule has 2 amide bonds. The van der Waals surface area contributed by atoms with Crippen LogP contribution in [0.2, 0.25) is 0 Å². The summed E-state index contributed by atoms with van der Waals surface area (Å²) in [6.45, 7) is 0.980. The van der Waals surface area contributed by atoms with Crippen LogP contribution in [0.3, 0.4) is 0 Å². The number of methoxy groups -OCH3 is 2. The zero-order valence-electron chi connectivity index (χ0n) is 16.1. The normalized spacial score (nSPS) is 16.1. The summed E-state index contributed by atoms with van der Waals surface area (Å²) in [5.41, 5.74) is 8.69. The number of rotatable bonds is 7. The Balaban J connectivity index is 1.63. The summed E-state index contributed by atoms with van der Waals surface area (Å²) >= 11 is 0. The summed E-state index contributed by atoms with van der Waals surface area (Å²) in [4.78, 5) is 26.2. The lowest BCUT2D eigenvalue weighted by molar-refractivity contribution is -0.127. The molecule has 0 aromatic heterocycles. The van der Waals surface area contributed by atoms with Gasteiger partial charge in [-0.05, 0) is 35.2 Å². The van der Waals surface area contributed by atoms with E-state index < -0.39 is 11.9 Å². The predicted octanol–water partition coefficient (Wildman–Crippen LogP) is 1.23. The zero-order valence-corrected chi connectivity index (χ0v) is 16.1. The maximum Gasteiger partial charge on any atom is 0.235 e. The Morgan fingerprint density at radius 2 is 1.82 bits per heavy atom. The molecule has 0 saturated carbocycles. The molecular formula is C21H25N3O4. The molecule has 0 spiro atoms. The van der Waals surface area contributed by atoms with Gasteiger partial charge in [0.25, 0.3) is 0 Å². The van der Waals surface area contributed by atoms with Crippen molar-refractivity contribution in [2.45, 2.75) is 25.6 Å². The zero-order chi connectivity index (χ0) is 20.1. The Kier molecular flexibility index (Phi) is 6.16. The van der Waals surface area contributed by atoms with Crippen LogP contribution in [0.5, 0.6) is 11.5 Å². The van der Waals surface area contributed by atoms with E-state index >= 15 is 0 Å². The second-order valence-corrected chi connectivity index (χ2v) is 6.76. The van der Waals surface area contributed by atoms with Crippen molar-refractivity contribution < 1.29 is 19.1 Å². The molecule has 0 unspecified atom stereocenters. The van der Waals surface area contributed by atoms with E-state index in [1.165, 1.54) is 0 Å². The number of nitrogens with one attached hydrogen (secondary N) is 1. The first-order chi connectivity index (χ1) is 13.5. The number of hydrogen-bond donors (Lipinski definition) is 2. The minimum Gasteiger partial charge on any atom is -0.493 e. The summed E-state index contributed by atoms with van der Waals surface area (Å²) in [6, 6.07) is 12.9. The number of carbonyl (C=O) groups excluding carboxylic acids is 2. The van der Waals surface area contributed by atoms with Gasteiger partial charge < -0.3 is 20.5 Å². The molecule has 148 valence electrons. The maximum atomic E-state index is 12.5. The summed E-state index contributed by atoms with van der Waals surface area (Å²) in [6.07, 6.45) is 0.522. The average molecular weight is 383 g/mol. The third kappa shape index (κ3) is 4.43. The van der Waals surface area contributed by atoms with E-state index in [9.17, 15) is 9.59 Å². The number of hydrogen-bond acceptors (Lipinski definition) is 5. The van der Waals surface area contributed by atoms with E-state index in [0.29, 0.717) is 31.0 Å². The van der Waals surface area contributed by atoms with Crippen molar-refractivity contribution in [1.29, 1.82) is 0 Å². The van der Waals surface area contributed by atoms with E-state index in [1.54, 1.807) is 20.3 Å². The van der Waals surface area contributed by atoms with Gasteiger partial charge in [-0.3, -0.25) is 14.5 Å². The van der Waals surface area contributed by atoms with E-state index in [0.717, 1.165) is 16.7 Å². The summed E-state index contributed by atoms with van der Waals surface area (Å²) < 4.78 is 10.5. The molecular weight excluding hydrogens is 358 g/mol. The third-order valence-corrected chi connectivity index (χ3v) is 4.96. The Hall–Kier alpha value is -3.06. The van der Waals surface area contributed by atoms with E-state index in [4.69, 9.17) is 15.2 Å². The molecule has 0 saturated heterocycles. The molecule has 0 bridgehead atoms. The van der Waals surface area contributed by atoms with Crippen LogP contribution in [0.15, 0.2) is 42.5 Å². The van der Waals surface area contributed by atoms with Gasteiger partial charge in [0.2, 0.25) is 11.8 Å². The van der Waals surface area contributed by atoms with Gasteiger partial charge in [0.1, 0.15) is 0 Å². The fourth-order valence-corrected chi connectivity index (χ4v) is 3.46. The number of benzene rings is 2. The molecule has 2 aromatic carbocycles. The van der Waals surface area contributed by atoms with Crippen LogP contribution >= 0.6 is 0 Å². The molecule has 1 atom stereocenters. The first-order valence-electron chi connectivity index (χ1n) is 9.09. The van der Waals surface area contributed by atoms with E-state index in [1.807, 2.05) is 41.3 Å². The quantitative estimate of drug-likeness (QED) is 0.750. The van der Waals surface area contributed by atoms with Crippen LogP contribution in [0.1, 0.15) is 16.7 Å². The molecule has 1 aliphatic heterocycles. The molecule has 28 heavy (non-hydrogen) atoms. The topological polar surface area (TPSA) is 93.9 Å². The third-order valence-electron chi connectivity index (χ3n) is 4.96. The van der Waals surface area contributed by atoms with Crippen LogP contribution in [0.4, 0.5) is 0 Å². The predicted molar refractivity (Wildman–Crippen MR) is 105 cm³/mol. The molecule has 2 aromatic rings. The first kappa shape index (κ1) is 19.7. The molecule has 7 nitrogen and oxygen atoms in total. The maximum absolute atomic E-state index is 12.5. The molecule has 0 aliphatic carbocycles. The highest BCUT2D eigenvalue weighted by Gasteiger charge is 2.31. The number of primary amides is 1. The largest absolute Gasteiger partial charge is 0.493 e. The molecule has 0 fully saturated rings. The lowest BCUT2D eigenvalue weighted by atomic mass is 9.93. The minimum atomic E-state index is -0.485. The van der Waals surface area contributed by atoms with E-state index in [-0.39, 0.29) is 12.5 Å². The van der Waals surface area contributed by atoms with Gasteiger partial charge in [0.15, 0.2) is 11.5 Å². The molecule has 1 aliphatic rings. The summed E-state index contributed by atoms with van der Waals surface area (Å²) in [5.74, 6) is 0.659. The van der Waals surface area contributed by atoms with Gasteiger partial charge in [-0.25, -0.2) is 0 Å². The fourth-order valence-electron chi connectivity index (χ4n) is 3.46. The molecule has 0 radical (unpaired) electrons. The number of nitrogens with two attached hydrogens (primary N) is 1. The summed E-state index contributed by atoms with van der Waals surface area (Å²) in [7, 11) is 3.14. The van der Waals surface area contributed by atoms with Crippen LogP contribution in [-0.4, -0.2) is 43.5 Å². The molecule has 7 heteroatoms. The first-order valence-corrected chi connectivity index (χ1v) is 9.09. The highest BCUT2D eigenvalue weighted by molar-refractivity contribution is 5.83. The molecule has 1 heterocycles. The smallest absolute Gasteiger partial charge is 0.235 e. The SMILES string of the molecule is COc1ccc(CNC(=O)CN2Cc3ccccc3C[C@H]2C(N)=O)cc1OC. The van der Waals surface area contributed by atoms with Gasteiger partial charge in [0, 0.05) is 13.1 Å². The second kappa shape index (κ2) is 8.75. The highest BCUT2D eigenvalue weighted by Crippen LogP contribution is 2.27. The average Bonchev–Trinajstić information content (AvgIpc) is 2.71. The molecule has 3 rings (SSSR count). The Labute approximate surface area is 164 Å². The number of ether oxygens (including phenoxy) is 2. The van der Waals surface area contributed by atoms with Gasteiger partial charge in [0.05, 0.1) is 26.8 Å².